The number of rotatable bonds is 8. The second-order valence-electron chi connectivity index (χ2n) is 6.01. The molecule has 0 radical (unpaired) electrons. The Balaban J connectivity index is 2.08. The fourth-order valence-corrected chi connectivity index (χ4v) is 2.43. The van der Waals surface area contributed by atoms with E-state index in [1.54, 1.807) is 0 Å². The molecule has 4 nitrogen and oxygen atoms in total. The Hall–Kier alpha value is -0.160. The summed E-state index contributed by atoms with van der Waals surface area (Å²) in [6.45, 7) is 9.57. The molecule has 1 rings (SSSR count). The first-order valence-corrected chi connectivity index (χ1v) is 7.23. The van der Waals surface area contributed by atoms with E-state index < -0.39 is 0 Å². The summed E-state index contributed by atoms with van der Waals surface area (Å²) >= 11 is 0. The molecule has 0 aromatic heterocycles. The van der Waals surface area contributed by atoms with Gasteiger partial charge in [0.1, 0.15) is 0 Å². The van der Waals surface area contributed by atoms with Crippen LogP contribution in [0.1, 0.15) is 26.7 Å². The molecule has 0 aliphatic carbocycles. The van der Waals surface area contributed by atoms with Gasteiger partial charge in [0.15, 0.2) is 0 Å². The SMILES string of the molecule is CC(C)CNCC(O)CN(C)CC1CCCOC1. The molecule has 2 N–H and O–H groups in total. The average Bonchev–Trinajstić information content (AvgIpc) is 2.29. The number of likely N-dealkylation sites (N-methyl/N-ethyl adjacent to an activating group) is 1. The van der Waals surface area contributed by atoms with Crippen LogP contribution in [-0.2, 0) is 4.74 Å². The number of nitrogens with one attached hydrogen (secondary N) is 1. The lowest BCUT2D eigenvalue weighted by Crippen LogP contribution is -2.40. The van der Waals surface area contributed by atoms with E-state index in [4.69, 9.17) is 4.74 Å². The second kappa shape index (κ2) is 8.86. The van der Waals surface area contributed by atoms with Crippen molar-refractivity contribution in [2.24, 2.45) is 11.8 Å². The molecule has 1 aliphatic rings. The van der Waals surface area contributed by atoms with E-state index in [2.05, 4.69) is 31.1 Å². The third-order valence-electron chi connectivity index (χ3n) is 3.28. The van der Waals surface area contributed by atoms with Crippen molar-refractivity contribution in [3.05, 3.63) is 0 Å². The van der Waals surface area contributed by atoms with Crippen molar-refractivity contribution in [3.8, 4) is 0 Å². The molecule has 4 heteroatoms. The van der Waals surface area contributed by atoms with Crippen molar-refractivity contribution in [1.82, 2.24) is 10.2 Å². The summed E-state index contributed by atoms with van der Waals surface area (Å²) < 4.78 is 5.48. The highest BCUT2D eigenvalue weighted by molar-refractivity contribution is 4.70. The highest BCUT2D eigenvalue weighted by Crippen LogP contribution is 2.14. The molecule has 0 aromatic rings. The monoisotopic (exact) mass is 258 g/mol. The van der Waals surface area contributed by atoms with Gasteiger partial charge in [-0.05, 0) is 38.3 Å². The van der Waals surface area contributed by atoms with Gasteiger partial charge in [-0.1, -0.05) is 13.8 Å². The molecule has 0 amide bonds. The summed E-state index contributed by atoms with van der Waals surface area (Å²) in [5.41, 5.74) is 0. The zero-order valence-electron chi connectivity index (χ0n) is 12.2. The lowest BCUT2D eigenvalue weighted by molar-refractivity contribution is 0.0344. The van der Waals surface area contributed by atoms with Crippen LogP contribution in [0.5, 0.6) is 0 Å². The fourth-order valence-electron chi connectivity index (χ4n) is 2.43. The molecule has 18 heavy (non-hydrogen) atoms. The van der Waals surface area contributed by atoms with Crippen molar-refractivity contribution in [2.45, 2.75) is 32.8 Å². The van der Waals surface area contributed by atoms with Crippen LogP contribution in [0.25, 0.3) is 0 Å². The van der Waals surface area contributed by atoms with Crippen molar-refractivity contribution in [2.75, 3.05) is 46.4 Å². The molecule has 0 saturated carbocycles. The molecule has 1 fully saturated rings. The highest BCUT2D eigenvalue weighted by Gasteiger charge is 2.17. The molecule has 1 saturated heterocycles. The van der Waals surface area contributed by atoms with Crippen LogP contribution < -0.4 is 5.32 Å². The number of hydrogen-bond acceptors (Lipinski definition) is 4. The lowest BCUT2D eigenvalue weighted by Gasteiger charge is -2.28. The molecular weight excluding hydrogens is 228 g/mol. The fraction of sp³-hybridized carbons (Fsp3) is 1.00. The average molecular weight is 258 g/mol. The number of nitrogens with zero attached hydrogens (tertiary/aromatic N) is 1. The number of aliphatic hydroxyl groups is 1. The molecule has 0 bridgehead atoms. The van der Waals surface area contributed by atoms with E-state index in [1.807, 2.05) is 0 Å². The maximum atomic E-state index is 9.93. The summed E-state index contributed by atoms with van der Waals surface area (Å²) in [7, 11) is 2.08. The normalized spacial score (nSPS) is 22.7. The van der Waals surface area contributed by atoms with E-state index in [9.17, 15) is 5.11 Å². The predicted molar refractivity (Wildman–Crippen MR) is 74.8 cm³/mol. The van der Waals surface area contributed by atoms with Gasteiger partial charge >= 0.3 is 0 Å². The van der Waals surface area contributed by atoms with Crippen molar-refractivity contribution in [3.63, 3.8) is 0 Å². The van der Waals surface area contributed by atoms with Gasteiger partial charge in [-0.25, -0.2) is 0 Å². The van der Waals surface area contributed by atoms with Crippen LogP contribution in [0.15, 0.2) is 0 Å². The van der Waals surface area contributed by atoms with E-state index in [-0.39, 0.29) is 6.10 Å². The minimum Gasteiger partial charge on any atom is -0.390 e. The van der Waals surface area contributed by atoms with Crippen LogP contribution in [0.4, 0.5) is 0 Å². The smallest absolute Gasteiger partial charge is 0.0791 e. The Morgan fingerprint density at radius 1 is 1.39 bits per heavy atom. The molecule has 108 valence electrons. The van der Waals surface area contributed by atoms with E-state index >= 15 is 0 Å². The van der Waals surface area contributed by atoms with E-state index in [1.165, 1.54) is 12.8 Å². The van der Waals surface area contributed by atoms with Gasteiger partial charge in [0.25, 0.3) is 0 Å². The Labute approximate surface area is 112 Å². The van der Waals surface area contributed by atoms with Gasteiger partial charge in [-0.15, -0.1) is 0 Å². The van der Waals surface area contributed by atoms with Crippen LogP contribution in [0, 0.1) is 11.8 Å². The van der Waals surface area contributed by atoms with Gasteiger partial charge in [0, 0.05) is 26.2 Å². The first-order chi connectivity index (χ1) is 8.58. The standard InChI is InChI=1S/C14H30N2O2/c1-12(2)7-15-8-14(17)10-16(3)9-13-5-4-6-18-11-13/h12-15,17H,4-11H2,1-3H3. The quantitative estimate of drug-likeness (QED) is 0.680. The highest BCUT2D eigenvalue weighted by atomic mass is 16.5. The molecule has 1 heterocycles. The minimum atomic E-state index is -0.279. The van der Waals surface area contributed by atoms with Crippen molar-refractivity contribution < 1.29 is 9.84 Å². The van der Waals surface area contributed by atoms with Gasteiger partial charge < -0.3 is 20.1 Å². The molecule has 0 spiro atoms. The summed E-state index contributed by atoms with van der Waals surface area (Å²) in [6.07, 6.45) is 2.15. The molecule has 2 unspecified atom stereocenters. The minimum absolute atomic E-state index is 0.279. The summed E-state index contributed by atoms with van der Waals surface area (Å²) in [4.78, 5) is 2.22. The number of hydrogen-bond donors (Lipinski definition) is 2. The zero-order chi connectivity index (χ0) is 13.4. The van der Waals surface area contributed by atoms with E-state index in [0.717, 1.165) is 32.8 Å². The van der Waals surface area contributed by atoms with Crippen LogP contribution in [0.3, 0.4) is 0 Å². The van der Waals surface area contributed by atoms with Gasteiger partial charge in [-0.2, -0.15) is 0 Å². The Kier molecular flexibility index (Phi) is 7.82. The van der Waals surface area contributed by atoms with Gasteiger partial charge in [0.05, 0.1) is 12.7 Å². The topological polar surface area (TPSA) is 44.7 Å². The predicted octanol–water partition coefficient (Wildman–Crippen LogP) is 0.951. The van der Waals surface area contributed by atoms with Gasteiger partial charge in [0.2, 0.25) is 0 Å². The summed E-state index contributed by atoms with van der Waals surface area (Å²) in [5.74, 6) is 1.27. The first-order valence-electron chi connectivity index (χ1n) is 7.23. The van der Waals surface area contributed by atoms with E-state index in [0.29, 0.717) is 18.4 Å². The Morgan fingerprint density at radius 3 is 2.78 bits per heavy atom. The molecule has 1 aliphatic heterocycles. The van der Waals surface area contributed by atoms with Crippen LogP contribution in [-0.4, -0.2) is 62.6 Å². The number of aliphatic hydroxyl groups excluding tert-OH is 1. The van der Waals surface area contributed by atoms with Crippen molar-refractivity contribution in [1.29, 1.82) is 0 Å². The molecule has 2 atom stereocenters. The Morgan fingerprint density at radius 2 is 2.17 bits per heavy atom. The van der Waals surface area contributed by atoms with Crippen LogP contribution >= 0.6 is 0 Å². The third kappa shape index (κ3) is 7.31. The summed E-state index contributed by atoms with van der Waals surface area (Å²) in [6, 6.07) is 0. The summed E-state index contributed by atoms with van der Waals surface area (Å²) in [5, 5.41) is 13.2. The van der Waals surface area contributed by atoms with Crippen molar-refractivity contribution >= 4 is 0 Å². The number of ether oxygens (including phenoxy) is 1. The zero-order valence-corrected chi connectivity index (χ0v) is 12.2. The maximum Gasteiger partial charge on any atom is 0.0791 e. The largest absolute Gasteiger partial charge is 0.390 e. The van der Waals surface area contributed by atoms with Crippen LogP contribution in [0.2, 0.25) is 0 Å². The Bertz CT molecular complexity index is 206. The molecule has 0 aromatic carbocycles. The maximum absolute atomic E-state index is 9.93. The lowest BCUT2D eigenvalue weighted by atomic mass is 10.0. The molecular formula is C14H30N2O2. The second-order valence-corrected chi connectivity index (χ2v) is 6.01. The third-order valence-corrected chi connectivity index (χ3v) is 3.28. The van der Waals surface area contributed by atoms with Gasteiger partial charge in [-0.3, -0.25) is 0 Å². The first kappa shape index (κ1) is 15.9.